The van der Waals surface area contributed by atoms with Gasteiger partial charge in [-0.3, -0.25) is 4.98 Å². The molecule has 118 valence electrons. The summed E-state index contributed by atoms with van der Waals surface area (Å²) in [5.41, 5.74) is 3.56. The number of hydrogen-bond donors (Lipinski definition) is 0. The topological polar surface area (TPSA) is 25.4 Å². The number of ether oxygens (including phenoxy) is 1. The van der Waals surface area contributed by atoms with Crippen molar-refractivity contribution < 1.29 is 4.74 Å². The van der Waals surface area contributed by atoms with Gasteiger partial charge in [-0.1, -0.05) is 18.2 Å². The first-order valence-electron chi connectivity index (χ1n) is 7.71. The number of hydrogen-bond acceptors (Lipinski definition) is 3. The molecular weight excluding hydrogens is 296 g/mol. The van der Waals surface area contributed by atoms with Gasteiger partial charge in [-0.15, -0.1) is 12.4 Å². The van der Waals surface area contributed by atoms with E-state index in [-0.39, 0.29) is 12.4 Å². The second-order valence-electron chi connectivity index (χ2n) is 5.61. The molecule has 0 unspecified atom stereocenters. The molecule has 2 aromatic rings. The van der Waals surface area contributed by atoms with Crippen molar-refractivity contribution in [3.05, 3.63) is 53.9 Å². The Kier molecular flexibility index (Phi) is 6.08. The van der Waals surface area contributed by atoms with Gasteiger partial charge in [0.2, 0.25) is 0 Å². The van der Waals surface area contributed by atoms with Crippen LogP contribution in [-0.2, 0) is 6.61 Å². The minimum absolute atomic E-state index is 0. The summed E-state index contributed by atoms with van der Waals surface area (Å²) in [6.07, 6.45) is 5.90. The third-order valence-electron chi connectivity index (χ3n) is 3.96. The first-order chi connectivity index (χ1) is 10.3. The van der Waals surface area contributed by atoms with E-state index in [1.807, 2.05) is 36.5 Å². The molecule has 0 N–H and O–H groups in total. The SMILES string of the molecule is Cc1cnc(COc2ccccc2)cc1N1CCCCC1.Cl. The molecule has 0 aliphatic carbocycles. The fourth-order valence-corrected chi connectivity index (χ4v) is 2.78. The molecule has 3 rings (SSSR count). The van der Waals surface area contributed by atoms with E-state index in [2.05, 4.69) is 22.9 Å². The van der Waals surface area contributed by atoms with Crippen LogP contribution in [0.4, 0.5) is 5.69 Å². The molecule has 4 heteroatoms. The zero-order valence-corrected chi connectivity index (χ0v) is 13.8. The molecule has 0 spiro atoms. The summed E-state index contributed by atoms with van der Waals surface area (Å²) in [6, 6.07) is 12.1. The Morgan fingerprint density at radius 1 is 1.09 bits per heavy atom. The highest BCUT2D eigenvalue weighted by Crippen LogP contribution is 2.24. The number of rotatable bonds is 4. The molecule has 1 aliphatic heterocycles. The van der Waals surface area contributed by atoms with Crippen LogP contribution in [-0.4, -0.2) is 18.1 Å². The molecule has 1 saturated heterocycles. The first kappa shape index (κ1) is 16.6. The lowest BCUT2D eigenvalue weighted by Gasteiger charge is -2.30. The molecule has 2 heterocycles. The van der Waals surface area contributed by atoms with Crippen molar-refractivity contribution in [2.24, 2.45) is 0 Å². The monoisotopic (exact) mass is 318 g/mol. The maximum atomic E-state index is 5.79. The molecule has 0 atom stereocenters. The molecule has 0 bridgehead atoms. The van der Waals surface area contributed by atoms with Crippen LogP contribution < -0.4 is 9.64 Å². The van der Waals surface area contributed by atoms with Gasteiger partial charge in [-0.05, 0) is 49.9 Å². The Morgan fingerprint density at radius 3 is 2.55 bits per heavy atom. The van der Waals surface area contributed by atoms with Crippen LogP contribution in [0.5, 0.6) is 5.75 Å². The third-order valence-corrected chi connectivity index (χ3v) is 3.96. The fourth-order valence-electron chi connectivity index (χ4n) is 2.78. The normalized spacial score (nSPS) is 14.3. The van der Waals surface area contributed by atoms with Gasteiger partial charge in [-0.2, -0.15) is 0 Å². The maximum Gasteiger partial charge on any atom is 0.130 e. The van der Waals surface area contributed by atoms with E-state index in [1.54, 1.807) is 0 Å². The summed E-state index contributed by atoms with van der Waals surface area (Å²) in [4.78, 5) is 6.98. The van der Waals surface area contributed by atoms with Gasteiger partial charge in [0.05, 0.1) is 5.69 Å². The van der Waals surface area contributed by atoms with E-state index in [9.17, 15) is 0 Å². The minimum atomic E-state index is 0. The third kappa shape index (κ3) is 4.14. The number of benzene rings is 1. The average Bonchev–Trinajstić information content (AvgIpc) is 2.56. The number of anilines is 1. The molecule has 0 saturated carbocycles. The highest BCUT2D eigenvalue weighted by molar-refractivity contribution is 5.85. The van der Waals surface area contributed by atoms with E-state index in [4.69, 9.17) is 4.74 Å². The quantitative estimate of drug-likeness (QED) is 0.836. The molecule has 3 nitrogen and oxygen atoms in total. The van der Waals surface area contributed by atoms with E-state index < -0.39 is 0 Å². The van der Waals surface area contributed by atoms with Crippen molar-refractivity contribution in [2.75, 3.05) is 18.0 Å². The summed E-state index contributed by atoms with van der Waals surface area (Å²) in [7, 11) is 0. The molecule has 1 aliphatic rings. The zero-order valence-electron chi connectivity index (χ0n) is 13.0. The lowest BCUT2D eigenvalue weighted by Crippen LogP contribution is -2.30. The van der Waals surface area contributed by atoms with E-state index in [1.165, 1.54) is 30.5 Å². The van der Waals surface area contributed by atoms with Crippen LogP contribution in [0, 0.1) is 6.92 Å². The van der Waals surface area contributed by atoms with Gasteiger partial charge in [-0.25, -0.2) is 0 Å². The molecule has 1 aromatic carbocycles. The highest BCUT2D eigenvalue weighted by Gasteiger charge is 2.14. The van der Waals surface area contributed by atoms with Crippen molar-refractivity contribution in [3.63, 3.8) is 0 Å². The minimum Gasteiger partial charge on any atom is -0.487 e. The van der Waals surface area contributed by atoms with E-state index >= 15 is 0 Å². The second-order valence-corrected chi connectivity index (χ2v) is 5.61. The lowest BCUT2D eigenvalue weighted by atomic mass is 10.1. The fraction of sp³-hybridized carbons (Fsp3) is 0.389. The van der Waals surface area contributed by atoms with Crippen LogP contribution in [0.3, 0.4) is 0 Å². The van der Waals surface area contributed by atoms with Gasteiger partial charge in [0, 0.05) is 25.0 Å². The summed E-state index contributed by atoms with van der Waals surface area (Å²) < 4.78 is 5.79. The first-order valence-corrected chi connectivity index (χ1v) is 7.71. The zero-order chi connectivity index (χ0) is 14.5. The van der Waals surface area contributed by atoms with Crippen LogP contribution >= 0.6 is 12.4 Å². The van der Waals surface area contributed by atoms with Crippen LogP contribution in [0.15, 0.2) is 42.6 Å². The summed E-state index contributed by atoms with van der Waals surface area (Å²) in [6.45, 7) is 4.97. The van der Waals surface area contributed by atoms with Gasteiger partial charge < -0.3 is 9.64 Å². The van der Waals surface area contributed by atoms with Crippen molar-refractivity contribution in [2.45, 2.75) is 32.8 Å². The van der Waals surface area contributed by atoms with Gasteiger partial charge in [0.15, 0.2) is 0 Å². The van der Waals surface area contributed by atoms with Crippen LogP contribution in [0.2, 0.25) is 0 Å². The number of aromatic nitrogens is 1. The largest absolute Gasteiger partial charge is 0.487 e. The highest BCUT2D eigenvalue weighted by atomic mass is 35.5. The van der Waals surface area contributed by atoms with Crippen molar-refractivity contribution in [3.8, 4) is 5.75 Å². The molecule has 0 amide bonds. The number of aryl methyl sites for hydroxylation is 1. The Morgan fingerprint density at radius 2 is 1.82 bits per heavy atom. The van der Waals surface area contributed by atoms with Crippen molar-refractivity contribution >= 4 is 18.1 Å². The second kappa shape index (κ2) is 8.04. The molecule has 1 aromatic heterocycles. The Bertz CT molecular complexity index is 583. The molecule has 0 radical (unpaired) electrons. The Hall–Kier alpha value is -1.74. The van der Waals surface area contributed by atoms with Crippen molar-refractivity contribution in [1.82, 2.24) is 4.98 Å². The average molecular weight is 319 g/mol. The Balaban J connectivity index is 0.00000176. The smallest absolute Gasteiger partial charge is 0.130 e. The van der Waals surface area contributed by atoms with Crippen LogP contribution in [0.25, 0.3) is 0 Å². The van der Waals surface area contributed by atoms with E-state index in [0.29, 0.717) is 6.61 Å². The standard InChI is InChI=1S/C18H22N2O.ClH/c1-15-13-19-16(14-21-17-8-4-2-5-9-17)12-18(15)20-10-6-3-7-11-20;/h2,4-5,8-9,12-13H,3,6-7,10-11,14H2,1H3;1H. The molecular formula is C18H23ClN2O. The summed E-state index contributed by atoms with van der Waals surface area (Å²) >= 11 is 0. The lowest BCUT2D eigenvalue weighted by molar-refractivity contribution is 0.301. The number of halogens is 1. The molecule has 22 heavy (non-hydrogen) atoms. The van der Waals surface area contributed by atoms with Crippen molar-refractivity contribution in [1.29, 1.82) is 0 Å². The summed E-state index contributed by atoms with van der Waals surface area (Å²) in [5.74, 6) is 0.888. The van der Waals surface area contributed by atoms with Gasteiger partial charge >= 0.3 is 0 Å². The van der Waals surface area contributed by atoms with Gasteiger partial charge in [0.25, 0.3) is 0 Å². The summed E-state index contributed by atoms with van der Waals surface area (Å²) in [5, 5.41) is 0. The van der Waals surface area contributed by atoms with Crippen LogP contribution in [0.1, 0.15) is 30.5 Å². The number of pyridine rings is 1. The van der Waals surface area contributed by atoms with Gasteiger partial charge in [0.1, 0.15) is 12.4 Å². The van der Waals surface area contributed by atoms with E-state index in [0.717, 1.165) is 24.5 Å². The predicted molar refractivity (Wildman–Crippen MR) is 93.1 cm³/mol. The predicted octanol–water partition coefficient (Wildman–Crippen LogP) is 4.38. The number of nitrogens with zero attached hydrogens (tertiary/aromatic N) is 2. The number of piperidine rings is 1. The molecule has 1 fully saturated rings. The maximum absolute atomic E-state index is 5.79. The Labute approximate surface area is 138 Å². The number of para-hydroxylation sites is 1.